The van der Waals surface area contributed by atoms with E-state index in [4.69, 9.17) is 4.74 Å². The number of hydrogen-bond acceptors (Lipinski definition) is 7. The number of aryl methyl sites for hydroxylation is 1. The molecule has 10 nitrogen and oxygen atoms in total. The molecule has 0 fully saturated rings. The lowest BCUT2D eigenvalue weighted by Crippen LogP contribution is -2.31. The predicted molar refractivity (Wildman–Crippen MR) is 72.1 cm³/mol. The van der Waals surface area contributed by atoms with Gasteiger partial charge in [0, 0.05) is 25.9 Å². The summed E-state index contributed by atoms with van der Waals surface area (Å²) in [6.45, 7) is 0.699. The SMILES string of the molecule is O=C1CCCNC(=O)COC(=O)CCCn2nnnc2CN1. The summed E-state index contributed by atoms with van der Waals surface area (Å²) in [7, 11) is 0. The summed E-state index contributed by atoms with van der Waals surface area (Å²) in [4.78, 5) is 34.6. The second-order valence-corrected chi connectivity index (χ2v) is 4.81. The van der Waals surface area contributed by atoms with Crippen molar-refractivity contribution in [2.45, 2.75) is 38.8 Å². The van der Waals surface area contributed by atoms with Crippen LogP contribution in [0.2, 0.25) is 0 Å². The van der Waals surface area contributed by atoms with Gasteiger partial charge in [0.25, 0.3) is 5.91 Å². The Morgan fingerprint density at radius 1 is 1.05 bits per heavy atom. The molecule has 1 aromatic rings. The van der Waals surface area contributed by atoms with E-state index in [9.17, 15) is 14.4 Å². The van der Waals surface area contributed by atoms with Crippen molar-refractivity contribution in [3.63, 3.8) is 0 Å². The summed E-state index contributed by atoms with van der Waals surface area (Å²) in [5.41, 5.74) is 0. The Hall–Kier alpha value is -2.52. The predicted octanol–water partition coefficient (Wildman–Crippen LogP) is -1.48. The van der Waals surface area contributed by atoms with Crippen LogP contribution in [-0.4, -0.2) is 51.1 Å². The Bertz CT molecular complexity index is 543. The number of ether oxygens (including phenoxy) is 1. The van der Waals surface area contributed by atoms with Gasteiger partial charge in [-0.25, -0.2) is 4.68 Å². The minimum atomic E-state index is -0.440. The number of esters is 1. The molecular formula is C12H18N6O4. The number of carbonyl (C=O) groups is 3. The summed E-state index contributed by atoms with van der Waals surface area (Å²) in [6.07, 6.45) is 1.42. The molecule has 0 atom stereocenters. The molecule has 0 unspecified atom stereocenters. The third-order valence-corrected chi connectivity index (χ3v) is 3.07. The van der Waals surface area contributed by atoms with Crippen LogP contribution in [0.25, 0.3) is 0 Å². The molecular weight excluding hydrogens is 292 g/mol. The molecule has 1 aromatic heterocycles. The monoisotopic (exact) mass is 310 g/mol. The summed E-state index contributed by atoms with van der Waals surface area (Å²) in [5.74, 6) is -0.418. The number of amides is 2. The van der Waals surface area contributed by atoms with E-state index in [2.05, 4.69) is 26.2 Å². The van der Waals surface area contributed by atoms with Crippen molar-refractivity contribution in [2.24, 2.45) is 0 Å². The number of aromatic nitrogens is 4. The van der Waals surface area contributed by atoms with E-state index in [-0.39, 0.29) is 37.8 Å². The van der Waals surface area contributed by atoms with Gasteiger partial charge in [-0.1, -0.05) is 0 Å². The fourth-order valence-corrected chi connectivity index (χ4v) is 1.91. The van der Waals surface area contributed by atoms with E-state index >= 15 is 0 Å². The second kappa shape index (κ2) is 8.05. The van der Waals surface area contributed by atoms with Gasteiger partial charge in [-0.2, -0.15) is 0 Å². The van der Waals surface area contributed by atoms with E-state index < -0.39 is 5.97 Å². The quantitative estimate of drug-likeness (QED) is 0.559. The van der Waals surface area contributed by atoms with Crippen LogP contribution in [0.4, 0.5) is 0 Å². The number of carbonyl (C=O) groups excluding carboxylic acids is 3. The van der Waals surface area contributed by atoms with Gasteiger partial charge in [0.1, 0.15) is 0 Å². The van der Waals surface area contributed by atoms with Crippen LogP contribution in [0, 0.1) is 0 Å². The van der Waals surface area contributed by atoms with Crippen LogP contribution in [0.1, 0.15) is 31.5 Å². The molecule has 120 valence electrons. The molecule has 10 heteroatoms. The van der Waals surface area contributed by atoms with Crippen molar-refractivity contribution in [3.8, 4) is 0 Å². The summed E-state index contributed by atoms with van der Waals surface area (Å²) in [5, 5.41) is 16.5. The van der Waals surface area contributed by atoms with Gasteiger partial charge < -0.3 is 15.4 Å². The molecule has 1 aliphatic heterocycles. The highest BCUT2D eigenvalue weighted by Crippen LogP contribution is 2.00. The lowest BCUT2D eigenvalue weighted by atomic mass is 10.3. The fourth-order valence-electron chi connectivity index (χ4n) is 1.91. The average Bonchev–Trinajstić information content (AvgIpc) is 2.94. The van der Waals surface area contributed by atoms with Crippen LogP contribution >= 0.6 is 0 Å². The highest BCUT2D eigenvalue weighted by molar-refractivity contribution is 5.80. The Labute approximate surface area is 126 Å². The van der Waals surface area contributed by atoms with E-state index in [1.165, 1.54) is 4.68 Å². The minimum Gasteiger partial charge on any atom is -0.456 e. The highest BCUT2D eigenvalue weighted by atomic mass is 16.5. The highest BCUT2D eigenvalue weighted by Gasteiger charge is 2.12. The second-order valence-electron chi connectivity index (χ2n) is 4.81. The topological polar surface area (TPSA) is 128 Å². The van der Waals surface area contributed by atoms with E-state index in [1.54, 1.807) is 0 Å². The normalized spacial score (nSPS) is 18.8. The molecule has 2 heterocycles. The molecule has 0 bridgehead atoms. The first-order chi connectivity index (χ1) is 10.6. The van der Waals surface area contributed by atoms with Crippen LogP contribution in [0.5, 0.6) is 0 Å². The van der Waals surface area contributed by atoms with Gasteiger partial charge in [-0.3, -0.25) is 14.4 Å². The van der Waals surface area contributed by atoms with Crippen molar-refractivity contribution >= 4 is 17.8 Å². The van der Waals surface area contributed by atoms with E-state index in [1.807, 2.05) is 0 Å². The molecule has 1 aliphatic rings. The molecule has 0 aromatic carbocycles. The third kappa shape index (κ3) is 5.11. The van der Waals surface area contributed by atoms with Gasteiger partial charge >= 0.3 is 5.97 Å². The zero-order valence-electron chi connectivity index (χ0n) is 12.1. The van der Waals surface area contributed by atoms with E-state index in [0.29, 0.717) is 31.8 Å². The summed E-state index contributed by atoms with van der Waals surface area (Å²) in [6, 6.07) is 0. The van der Waals surface area contributed by atoms with Crippen LogP contribution in [0.3, 0.4) is 0 Å². The fraction of sp³-hybridized carbons (Fsp3) is 0.667. The van der Waals surface area contributed by atoms with Gasteiger partial charge in [0.15, 0.2) is 12.4 Å². The lowest BCUT2D eigenvalue weighted by Gasteiger charge is -2.09. The zero-order valence-corrected chi connectivity index (χ0v) is 12.1. The number of cyclic esters (lactones) is 1. The first-order valence-electron chi connectivity index (χ1n) is 7.09. The van der Waals surface area contributed by atoms with Gasteiger partial charge in [-0.15, -0.1) is 5.10 Å². The number of tetrazole rings is 1. The molecule has 2 N–H and O–H groups in total. The van der Waals surface area contributed by atoms with Crippen molar-refractivity contribution < 1.29 is 19.1 Å². The van der Waals surface area contributed by atoms with Crippen LogP contribution < -0.4 is 10.6 Å². The van der Waals surface area contributed by atoms with Crippen LogP contribution in [0.15, 0.2) is 0 Å². The Kier molecular flexibility index (Phi) is 5.81. The molecule has 2 amide bonds. The van der Waals surface area contributed by atoms with Crippen molar-refractivity contribution in [3.05, 3.63) is 5.82 Å². The van der Waals surface area contributed by atoms with Crippen molar-refractivity contribution in [1.29, 1.82) is 0 Å². The molecule has 0 spiro atoms. The molecule has 22 heavy (non-hydrogen) atoms. The largest absolute Gasteiger partial charge is 0.456 e. The number of fused-ring (bicyclic) bond motifs is 1. The Morgan fingerprint density at radius 2 is 1.91 bits per heavy atom. The maximum Gasteiger partial charge on any atom is 0.306 e. The molecule has 0 radical (unpaired) electrons. The Morgan fingerprint density at radius 3 is 2.77 bits per heavy atom. The zero-order chi connectivity index (χ0) is 15.8. The lowest BCUT2D eigenvalue weighted by molar-refractivity contribution is -0.148. The standard InChI is InChI=1S/C12H18N6O4/c19-10-3-1-5-13-11(20)8-22-12(21)4-2-6-18-9(7-14-10)15-16-17-18/h1-8H2,(H,13,20)(H,14,19). The molecule has 0 aliphatic carbocycles. The van der Waals surface area contributed by atoms with Gasteiger partial charge in [0.2, 0.25) is 5.91 Å². The van der Waals surface area contributed by atoms with Crippen molar-refractivity contribution in [1.82, 2.24) is 30.8 Å². The number of nitrogens with one attached hydrogen (secondary N) is 2. The number of hydrogen-bond donors (Lipinski definition) is 2. The minimum absolute atomic E-state index is 0.137. The number of rotatable bonds is 0. The molecule has 0 saturated heterocycles. The summed E-state index contributed by atoms with van der Waals surface area (Å²) >= 11 is 0. The van der Waals surface area contributed by atoms with E-state index in [0.717, 1.165) is 0 Å². The van der Waals surface area contributed by atoms with Crippen LogP contribution in [-0.2, 0) is 32.2 Å². The molecule has 0 saturated carbocycles. The maximum absolute atomic E-state index is 11.7. The first-order valence-corrected chi connectivity index (χ1v) is 7.09. The Balaban J connectivity index is 1.95. The molecule has 2 rings (SSSR count). The number of nitrogens with zero attached hydrogens (tertiary/aromatic N) is 4. The first kappa shape index (κ1) is 15.9. The third-order valence-electron chi connectivity index (χ3n) is 3.07. The maximum atomic E-state index is 11.7. The summed E-state index contributed by atoms with van der Waals surface area (Å²) < 4.78 is 6.39. The average molecular weight is 310 g/mol. The van der Waals surface area contributed by atoms with Gasteiger partial charge in [-0.05, 0) is 23.3 Å². The smallest absolute Gasteiger partial charge is 0.306 e. The van der Waals surface area contributed by atoms with Crippen molar-refractivity contribution in [2.75, 3.05) is 13.2 Å². The van der Waals surface area contributed by atoms with Gasteiger partial charge in [0.05, 0.1) is 6.54 Å².